The molecular formula is C18H24NO3SY2. The molecule has 0 saturated carbocycles. The number of ether oxygens (including phenoxy) is 1. The van der Waals surface area contributed by atoms with Crippen LogP contribution in [-0.2, 0) is 83.2 Å². The number of aliphatic carboxylic acids is 1. The van der Waals surface area contributed by atoms with E-state index in [1.54, 1.807) is 25.4 Å². The maximum atomic E-state index is 10.9. The number of carbonyl (C=O) groups is 1. The number of carboxylic acid groups (broad SMARTS) is 1. The summed E-state index contributed by atoms with van der Waals surface area (Å²) in [7, 11) is 1.65. The minimum atomic E-state index is -0.816. The number of hydrogen-bond acceptors (Lipinski definition) is 4. The maximum absolute atomic E-state index is 10.9. The summed E-state index contributed by atoms with van der Waals surface area (Å²) in [5.74, 6) is 0.00216. The van der Waals surface area contributed by atoms with E-state index in [1.165, 1.54) is 0 Å². The summed E-state index contributed by atoms with van der Waals surface area (Å²) < 4.78 is 6.54. The maximum Gasteiger partial charge on any atom is 3.00 e. The summed E-state index contributed by atoms with van der Waals surface area (Å²) in [5, 5.41) is 11.9. The SMILES string of the molecule is [CH2-]C.[CH2-]CN(C[CH2-])Cc1c(OC)ccc2c(CC(=O)O)csc12.[Y+3].[Y]. The fourth-order valence-electron chi connectivity index (χ4n) is 2.33. The van der Waals surface area contributed by atoms with Gasteiger partial charge in [-0.1, -0.05) is 0 Å². The molecule has 1 radical (unpaired) electrons. The van der Waals surface area contributed by atoms with Gasteiger partial charge in [-0.2, -0.15) is 6.92 Å². The molecule has 2 aromatic rings. The smallest absolute Gasteiger partial charge is 0.496 e. The Kier molecular flexibility index (Phi) is 16.3. The first-order valence-corrected chi connectivity index (χ1v) is 8.28. The van der Waals surface area contributed by atoms with Gasteiger partial charge in [0, 0.05) is 49.5 Å². The van der Waals surface area contributed by atoms with Crippen LogP contribution in [0.3, 0.4) is 0 Å². The van der Waals surface area contributed by atoms with Crippen molar-refractivity contribution in [3.05, 3.63) is 49.4 Å². The Balaban J connectivity index is 0. The third-order valence-corrected chi connectivity index (χ3v) is 4.56. The second-order valence-corrected chi connectivity index (χ2v) is 5.61. The minimum Gasteiger partial charge on any atom is -0.496 e. The third-order valence-electron chi connectivity index (χ3n) is 3.46. The normalized spacial score (nSPS) is 9.68. The molecule has 0 aliphatic carbocycles. The van der Waals surface area contributed by atoms with Crippen LogP contribution in [-0.4, -0.2) is 36.2 Å². The summed E-state index contributed by atoms with van der Waals surface area (Å²) >= 11 is 1.56. The van der Waals surface area contributed by atoms with Gasteiger partial charge in [0.05, 0.1) is 13.5 Å². The molecule has 0 fully saturated rings. The molecule has 7 heteroatoms. The van der Waals surface area contributed by atoms with Crippen LogP contribution in [0.2, 0.25) is 0 Å². The van der Waals surface area contributed by atoms with Gasteiger partial charge in [0.2, 0.25) is 0 Å². The standard InChI is InChI=1S/C16H19NO3S.C2H5.2Y/c1-4-17(5-2)9-13-14(20-3)7-6-12-11(8-15(18)19)10-21-16(12)13;1-2;;/h6-7,10H,1-2,4-5,8-9H2,3H3,(H,18,19);1H2,2H3;;/q-2;-1;;+3. The van der Waals surface area contributed by atoms with Crippen molar-refractivity contribution in [1.82, 2.24) is 4.90 Å². The Hall–Kier alpha value is 0.618. The van der Waals surface area contributed by atoms with Gasteiger partial charge in [0.15, 0.2) is 0 Å². The zero-order valence-corrected chi connectivity index (χ0v) is 21.4. The predicted octanol–water partition coefficient (Wildman–Crippen LogP) is 3.84. The molecule has 0 aliphatic heterocycles. The van der Waals surface area contributed by atoms with E-state index in [1.807, 2.05) is 17.5 Å². The van der Waals surface area contributed by atoms with E-state index in [0.717, 1.165) is 27.0 Å². The largest absolute Gasteiger partial charge is 3.00 e. The van der Waals surface area contributed by atoms with Crippen LogP contribution >= 0.6 is 11.3 Å². The van der Waals surface area contributed by atoms with E-state index < -0.39 is 5.97 Å². The number of hydrogen-bond donors (Lipinski definition) is 1. The summed E-state index contributed by atoms with van der Waals surface area (Å²) in [6.07, 6.45) is 0.0418. The number of methoxy groups -OCH3 is 1. The van der Waals surface area contributed by atoms with Crippen molar-refractivity contribution in [2.24, 2.45) is 0 Å². The molecule has 25 heavy (non-hydrogen) atoms. The van der Waals surface area contributed by atoms with Gasteiger partial charge in [-0.05, 0) is 28.5 Å². The van der Waals surface area contributed by atoms with Crippen LogP contribution in [0, 0.1) is 20.8 Å². The van der Waals surface area contributed by atoms with Gasteiger partial charge in [-0.3, -0.25) is 4.79 Å². The molecule has 131 valence electrons. The van der Waals surface area contributed by atoms with Gasteiger partial charge < -0.3 is 35.5 Å². The van der Waals surface area contributed by atoms with E-state index in [4.69, 9.17) is 9.84 Å². The van der Waals surface area contributed by atoms with Crippen molar-refractivity contribution >= 4 is 27.4 Å². The topological polar surface area (TPSA) is 49.8 Å². The Bertz CT molecular complexity index is 643. The van der Waals surface area contributed by atoms with Crippen molar-refractivity contribution in [1.29, 1.82) is 0 Å². The summed E-state index contributed by atoms with van der Waals surface area (Å²) in [4.78, 5) is 13.0. The fraction of sp³-hybridized carbons (Fsp3) is 0.333. The summed E-state index contributed by atoms with van der Waals surface area (Å²) in [6, 6.07) is 3.84. The molecule has 0 spiro atoms. The predicted molar refractivity (Wildman–Crippen MR) is 96.7 cm³/mol. The quantitative estimate of drug-likeness (QED) is 0.574. The van der Waals surface area contributed by atoms with Crippen molar-refractivity contribution in [3.8, 4) is 5.75 Å². The van der Waals surface area contributed by atoms with Crippen molar-refractivity contribution < 1.29 is 80.1 Å². The number of thiophene rings is 1. The van der Waals surface area contributed by atoms with E-state index in [2.05, 4.69) is 25.7 Å². The number of rotatable bonds is 7. The molecular weight excluding hydrogens is 488 g/mol. The van der Waals surface area contributed by atoms with Gasteiger partial charge >= 0.3 is 38.7 Å². The van der Waals surface area contributed by atoms with Crippen LogP contribution in [0.5, 0.6) is 5.75 Å². The van der Waals surface area contributed by atoms with Crippen molar-refractivity contribution in [2.75, 3.05) is 20.2 Å². The fourth-order valence-corrected chi connectivity index (χ4v) is 3.43. The Morgan fingerprint density at radius 1 is 1.28 bits per heavy atom. The van der Waals surface area contributed by atoms with Crippen molar-refractivity contribution in [3.63, 3.8) is 0 Å². The van der Waals surface area contributed by atoms with Crippen LogP contribution in [0.25, 0.3) is 10.1 Å². The van der Waals surface area contributed by atoms with E-state index in [-0.39, 0.29) is 71.8 Å². The molecule has 1 aromatic carbocycles. The Morgan fingerprint density at radius 2 is 1.88 bits per heavy atom. The molecule has 0 bridgehead atoms. The number of fused-ring (bicyclic) bond motifs is 1. The zero-order chi connectivity index (χ0) is 17.4. The molecule has 0 amide bonds. The number of nitrogens with zero attached hydrogens (tertiary/aromatic N) is 1. The van der Waals surface area contributed by atoms with Crippen molar-refractivity contribution in [2.45, 2.75) is 19.9 Å². The summed E-state index contributed by atoms with van der Waals surface area (Å²) in [5.41, 5.74) is 1.92. The first kappa shape index (κ1) is 27.8. The van der Waals surface area contributed by atoms with Crippen LogP contribution in [0.1, 0.15) is 18.1 Å². The average molecular weight is 512 g/mol. The minimum absolute atomic E-state index is 0. The molecule has 1 aromatic heterocycles. The van der Waals surface area contributed by atoms with E-state index >= 15 is 0 Å². The van der Waals surface area contributed by atoms with Gasteiger partial charge in [-0.25, -0.2) is 0 Å². The van der Waals surface area contributed by atoms with Crippen LogP contribution in [0.15, 0.2) is 17.5 Å². The average Bonchev–Trinajstić information content (AvgIpc) is 2.97. The molecule has 1 N–H and O–H groups in total. The van der Waals surface area contributed by atoms with Gasteiger partial charge in [-0.15, -0.1) is 24.4 Å². The number of carboxylic acids is 1. The van der Waals surface area contributed by atoms with Gasteiger partial charge in [0.1, 0.15) is 5.75 Å². The summed E-state index contributed by atoms with van der Waals surface area (Å²) in [6.45, 7) is 14.8. The Morgan fingerprint density at radius 3 is 2.36 bits per heavy atom. The first-order chi connectivity index (χ1) is 11.1. The van der Waals surface area contributed by atoms with Gasteiger partial charge in [0.25, 0.3) is 0 Å². The Labute approximate surface area is 205 Å². The van der Waals surface area contributed by atoms with E-state index in [9.17, 15) is 4.79 Å². The zero-order valence-electron chi connectivity index (χ0n) is 15.0. The van der Waals surface area contributed by atoms with Crippen LogP contribution < -0.4 is 4.74 Å². The number of benzene rings is 1. The third kappa shape index (κ3) is 7.63. The molecule has 1 heterocycles. The second-order valence-electron chi connectivity index (χ2n) is 4.73. The molecule has 2 rings (SSSR count). The molecule has 0 atom stereocenters. The second kappa shape index (κ2) is 14.6. The van der Waals surface area contributed by atoms with E-state index in [0.29, 0.717) is 19.6 Å². The molecule has 0 saturated heterocycles. The van der Waals surface area contributed by atoms with Crippen LogP contribution in [0.4, 0.5) is 0 Å². The molecule has 0 unspecified atom stereocenters. The first-order valence-electron chi connectivity index (χ1n) is 7.40. The molecule has 4 nitrogen and oxygen atoms in total. The monoisotopic (exact) mass is 512 g/mol. The molecule has 0 aliphatic rings.